The lowest BCUT2D eigenvalue weighted by atomic mass is 9.89. The number of benzene rings is 2. The van der Waals surface area contributed by atoms with Crippen LogP contribution < -0.4 is 15.1 Å². The molecule has 2 aromatic carbocycles. The molecule has 0 saturated carbocycles. The monoisotopic (exact) mass is 578 g/mol. The van der Waals surface area contributed by atoms with E-state index in [1.54, 1.807) is 18.2 Å². The third-order valence-electron chi connectivity index (χ3n) is 7.98. The van der Waals surface area contributed by atoms with Crippen molar-refractivity contribution >= 4 is 35.7 Å². The first-order valence-electron chi connectivity index (χ1n) is 14.1. The molecule has 2 aromatic rings. The van der Waals surface area contributed by atoms with Gasteiger partial charge in [-0.15, -0.1) is 0 Å². The summed E-state index contributed by atoms with van der Waals surface area (Å²) in [4.78, 5) is 63.7. The van der Waals surface area contributed by atoms with Crippen LogP contribution >= 0.6 is 0 Å². The van der Waals surface area contributed by atoms with Crippen LogP contribution in [0.1, 0.15) is 63.2 Å². The number of imide groups is 1. The maximum absolute atomic E-state index is 12.8. The summed E-state index contributed by atoms with van der Waals surface area (Å²) in [6.45, 7) is 4.86. The third-order valence-corrected chi connectivity index (χ3v) is 7.98. The average molecular weight is 579 g/mol. The van der Waals surface area contributed by atoms with Crippen molar-refractivity contribution in [3.63, 3.8) is 0 Å². The van der Waals surface area contributed by atoms with Gasteiger partial charge in [0.2, 0.25) is 5.91 Å². The van der Waals surface area contributed by atoms with Gasteiger partial charge in [0.1, 0.15) is 18.6 Å². The number of rotatable bonds is 11. The molecule has 0 unspecified atom stereocenters. The molecule has 0 aromatic heterocycles. The Hall–Kier alpha value is -4.29. The molecule has 0 radical (unpaired) electrons. The van der Waals surface area contributed by atoms with Crippen LogP contribution in [0.5, 0.6) is 5.75 Å². The number of carboxylic acids is 1. The largest absolute Gasteiger partial charge is 0.492 e. The lowest BCUT2D eigenvalue weighted by Gasteiger charge is -2.47. The first kappa shape index (κ1) is 29.2. The van der Waals surface area contributed by atoms with Gasteiger partial charge in [-0.25, -0.2) is 4.79 Å². The minimum absolute atomic E-state index is 0.0317. The van der Waals surface area contributed by atoms with Gasteiger partial charge in [-0.2, -0.15) is 5.01 Å². The van der Waals surface area contributed by atoms with E-state index >= 15 is 0 Å². The Balaban J connectivity index is 1.10. The van der Waals surface area contributed by atoms with Crippen molar-refractivity contribution in [1.82, 2.24) is 15.3 Å². The zero-order valence-electron chi connectivity index (χ0n) is 23.3. The molecule has 1 spiro atoms. The Kier molecular flexibility index (Phi) is 8.83. The average Bonchev–Trinajstić information content (AvgIpc) is 3.22. The van der Waals surface area contributed by atoms with Crippen molar-refractivity contribution < 1.29 is 38.6 Å². The number of piperidine rings is 1. The molecule has 0 aliphatic carbocycles. The number of hydrogen-bond acceptors (Lipinski definition) is 9. The van der Waals surface area contributed by atoms with Crippen LogP contribution in [0.15, 0.2) is 42.5 Å². The number of ether oxygens (including phenoxy) is 2. The second-order valence-electron chi connectivity index (χ2n) is 10.7. The van der Waals surface area contributed by atoms with Crippen molar-refractivity contribution in [2.45, 2.75) is 37.7 Å². The Morgan fingerprint density at radius 1 is 1.02 bits per heavy atom. The Labute approximate surface area is 243 Å². The molecular formula is C30H34N4O8. The van der Waals surface area contributed by atoms with Gasteiger partial charge >= 0.3 is 5.97 Å². The fraction of sp³-hybridized carbons (Fsp3) is 0.433. The summed E-state index contributed by atoms with van der Waals surface area (Å²) in [7, 11) is 0. The highest BCUT2D eigenvalue weighted by molar-refractivity contribution is 6.21. The van der Waals surface area contributed by atoms with Crippen LogP contribution in [0.2, 0.25) is 0 Å². The number of carbonyl (C=O) groups is 5. The number of carbonyl (C=O) groups excluding carboxylic acids is 4. The Bertz CT molecular complexity index is 1350. The number of fused-ring (bicyclic) bond motifs is 1. The van der Waals surface area contributed by atoms with Gasteiger partial charge in [-0.05, 0) is 61.7 Å². The molecule has 3 aliphatic rings. The second kappa shape index (κ2) is 12.7. The van der Waals surface area contributed by atoms with Crippen LogP contribution in [0, 0.1) is 0 Å². The number of nitrogens with zero attached hydrogens (tertiary/aromatic N) is 3. The maximum atomic E-state index is 12.8. The van der Waals surface area contributed by atoms with Crippen molar-refractivity contribution in [2.75, 3.05) is 50.8 Å². The maximum Gasteiger partial charge on any atom is 0.335 e. The van der Waals surface area contributed by atoms with Gasteiger partial charge in [0.05, 0.1) is 28.9 Å². The number of amides is 3. The molecule has 42 heavy (non-hydrogen) atoms. The molecule has 12 heteroatoms. The number of nitrogens with one attached hydrogen (secondary N) is 1. The minimum atomic E-state index is -0.935. The van der Waals surface area contributed by atoms with E-state index < -0.39 is 23.7 Å². The predicted molar refractivity (Wildman–Crippen MR) is 150 cm³/mol. The summed E-state index contributed by atoms with van der Waals surface area (Å²) >= 11 is 0. The van der Waals surface area contributed by atoms with E-state index in [9.17, 15) is 24.0 Å². The number of aromatic carboxylic acids is 1. The Morgan fingerprint density at radius 3 is 2.48 bits per heavy atom. The molecule has 2 N–H and O–H groups in total. The van der Waals surface area contributed by atoms with Crippen LogP contribution in [0.3, 0.4) is 0 Å². The minimum Gasteiger partial charge on any atom is -0.492 e. The highest BCUT2D eigenvalue weighted by Crippen LogP contribution is 2.32. The molecule has 0 atom stereocenters. The van der Waals surface area contributed by atoms with Gasteiger partial charge < -0.3 is 24.3 Å². The number of hydrogen-bond donors (Lipinski definition) is 2. The van der Waals surface area contributed by atoms with E-state index in [4.69, 9.17) is 14.6 Å². The van der Waals surface area contributed by atoms with E-state index in [0.717, 1.165) is 44.7 Å². The summed E-state index contributed by atoms with van der Waals surface area (Å²) in [5.74, 6) is -2.21. The smallest absolute Gasteiger partial charge is 0.335 e. The normalized spacial score (nSPS) is 18.2. The van der Waals surface area contributed by atoms with Gasteiger partial charge in [0.15, 0.2) is 0 Å². The lowest BCUT2D eigenvalue weighted by molar-refractivity contribution is -0.124. The van der Waals surface area contributed by atoms with E-state index in [1.807, 2.05) is 12.1 Å². The van der Waals surface area contributed by atoms with E-state index in [0.29, 0.717) is 43.2 Å². The molecule has 2 saturated heterocycles. The summed E-state index contributed by atoms with van der Waals surface area (Å²) < 4.78 is 12.2. The number of unbranched alkanes of at least 4 members (excludes halogenated alkanes) is 1. The lowest BCUT2D eigenvalue weighted by Crippen LogP contribution is -2.57. The number of aldehydes is 1. The highest BCUT2D eigenvalue weighted by Gasteiger charge is 2.40. The number of carboxylic acid groups (broad SMARTS) is 1. The third kappa shape index (κ3) is 6.44. The van der Waals surface area contributed by atoms with Crippen molar-refractivity contribution in [1.29, 1.82) is 0 Å². The second-order valence-corrected chi connectivity index (χ2v) is 10.7. The van der Waals surface area contributed by atoms with Crippen LogP contribution in [-0.2, 0) is 14.3 Å². The zero-order valence-corrected chi connectivity index (χ0v) is 23.3. The summed E-state index contributed by atoms with van der Waals surface area (Å²) in [6.07, 6.45) is 3.03. The molecule has 3 heterocycles. The van der Waals surface area contributed by atoms with Gasteiger partial charge in [-0.1, -0.05) is 0 Å². The number of hydrazine groups is 1. The molecule has 12 nitrogen and oxygen atoms in total. The first-order valence-corrected chi connectivity index (χ1v) is 14.1. The molecule has 222 valence electrons. The molecule has 3 aliphatic heterocycles. The summed E-state index contributed by atoms with van der Waals surface area (Å²) in [5.41, 5.74) is 3.73. The van der Waals surface area contributed by atoms with Crippen molar-refractivity contribution in [3.05, 3.63) is 59.2 Å². The van der Waals surface area contributed by atoms with Crippen molar-refractivity contribution in [2.24, 2.45) is 0 Å². The summed E-state index contributed by atoms with van der Waals surface area (Å²) in [6, 6.07) is 11.6. The first-order chi connectivity index (χ1) is 20.3. The van der Waals surface area contributed by atoms with Crippen LogP contribution in [0.4, 0.5) is 5.69 Å². The molecule has 3 amide bonds. The topological polar surface area (TPSA) is 146 Å². The fourth-order valence-electron chi connectivity index (χ4n) is 5.63. The number of anilines is 1. The SMILES string of the molecule is O=CCCCC(=O)NN1C(=O)c2ccc(OCCN3CCOC4(CCN(c5ccc(C(=O)O)cc5)CC4)C3)cc2C1=O. The molecule has 5 rings (SSSR count). The summed E-state index contributed by atoms with van der Waals surface area (Å²) in [5, 5.41) is 9.84. The molecule has 0 bridgehead atoms. The predicted octanol–water partition coefficient (Wildman–Crippen LogP) is 2.13. The zero-order chi connectivity index (χ0) is 29.7. The van der Waals surface area contributed by atoms with Crippen LogP contribution in [-0.4, -0.2) is 96.5 Å². The van der Waals surface area contributed by atoms with E-state index in [1.165, 1.54) is 12.1 Å². The molecule has 2 fully saturated rings. The molecular weight excluding hydrogens is 544 g/mol. The quantitative estimate of drug-likeness (QED) is 0.231. The van der Waals surface area contributed by atoms with Gasteiger partial charge in [0, 0.05) is 51.3 Å². The standard InChI is InChI=1S/C30H34N4O8/c35-16-2-1-3-26(36)31-34-27(37)24-9-8-23(19-25(24)28(34)38)41-17-14-32-15-18-42-30(20-32)10-12-33(13-11-30)22-6-4-21(5-7-22)29(39)40/h4-9,16,19H,1-3,10-15,17-18,20H2,(H,31,36)(H,39,40). The Morgan fingerprint density at radius 2 is 1.76 bits per heavy atom. The highest BCUT2D eigenvalue weighted by atomic mass is 16.5. The van der Waals surface area contributed by atoms with Gasteiger partial charge in [-0.3, -0.25) is 24.7 Å². The fourth-order valence-corrected chi connectivity index (χ4v) is 5.63. The van der Waals surface area contributed by atoms with E-state index in [-0.39, 0.29) is 35.1 Å². The van der Waals surface area contributed by atoms with E-state index in [2.05, 4.69) is 15.2 Å². The van der Waals surface area contributed by atoms with Crippen LogP contribution in [0.25, 0.3) is 0 Å². The van der Waals surface area contributed by atoms with Gasteiger partial charge in [0.25, 0.3) is 11.8 Å². The number of morpholine rings is 1. The van der Waals surface area contributed by atoms with Crippen molar-refractivity contribution in [3.8, 4) is 5.75 Å².